The number of methoxy groups -OCH3 is 2. The van der Waals surface area contributed by atoms with Crippen molar-refractivity contribution in [1.82, 2.24) is 15.6 Å². The van der Waals surface area contributed by atoms with Crippen LogP contribution in [0.4, 0.5) is 4.39 Å². The Hall–Kier alpha value is -4.40. The number of halogens is 1. The standard InChI is InChI=1S/C29H31FN4O4/c1-18-7-4-9-20(13-18)26-17-33-29(38-26)23(10-6-12-32-27(31)16-30)34-28(35)22-14-19-8-5-11-24(36-2)21(19)15-25(22)37-3/h4-5,7-9,11,13-15,17,23H,6,10,12,16H2,1-3H3,(H2,31,32)(H,34,35)/t23-/m0/s1. The number of amidine groups is 1. The predicted octanol–water partition coefficient (Wildman–Crippen LogP) is 5.61. The first-order valence-corrected chi connectivity index (χ1v) is 12.3. The maximum atomic E-state index is 13.5. The second-order valence-corrected chi connectivity index (χ2v) is 8.87. The largest absolute Gasteiger partial charge is 0.496 e. The summed E-state index contributed by atoms with van der Waals surface area (Å²) >= 11 is 0. The molecule has 0 saturated carbocycles. The molecule has 9 heteroatoms. The molecule has 0 bridgehead atoms. The molecule has 1 aromatic heterocycles. The molecule has 4 rings (SSSR count). The van der Waals surface area contributed by atoms with Gasteiger partial charge < -0.3 is 24.5 Å². The molecular formula is C29H31FN4O4. The summed E-state index contributed by atoms with van der Waals surface area (Å²) in [7, 11) is 3.11. The van der Waals surface area contributed by atoms with Crippen LogP contribution in [0.3, 0.4) is 0 Å². The molecule has 8 nitrogen and oxygen atoms in total. The zero-order chi connectivity index (χ0) is 27.1. The molecule has 4 aromatic rings. The minimum absolute atomic E-state index is 0.181. The smallest absolute Gasteiger partial charge is 0.255 e. The zero-order valence-corrected chi connectivity index (χ0v) is 21.6. The number of alkyl halides is 1. The van der Waals surface area contributed by atoms with E-state index in [0.29, 0.717) is 48.1 Å². The average molecular weight is 519 g/mol. The number of hydrogen-bond acceptors (Lipinski definition) is 6. The molecule has 1 heterocycles. The molecule has 1 amide bonds. The third-order valence-corrected chi connectivity index (χ3v) is 6.20. The summed E-state index contributed by atoms with van der Waals surface area (Å²) in [5.74, 6) is 1.51. The topological polar surface area (TPSA) is 109 Å². The van der Waals surface area contributed by atoms with Crippen LogP contribution < -0.4 is 20.1 Å². The number of rotatable bonds is 11. The Balaban J connectivity index is 1.61. The molecule has 0 spiro atoms. The maximum Gasteiger partial charge on any atom is 0.255 e. The lowest BCUT2D eigenvalue weighted by Crippen LogP contribution is -2.31. The second kappa shape index (κ2) is 12.2. The molecule has 38 heavy (non-hydrogen) atoms. The Bertz CT molecular complexity index is 1440. The van der Waals surface area contributed by atoms with Gasteiger partial charge in [0.15, 0.2) is 5.76 Å². The van der Waals surface area contributed by atoms with Gasteiger partial charge in [-0.15, -0.1) is 0 Å². The van der Waals surface area contributed by atoms with Crippen LogP contribution in [0, 0.1) is 12.3 Å². The molecule has 3 N–H and O–H groups in total. The van der Waals surface area contributed by atoms with Gasteiger partial charge in [0.1, 0.15) is 30.1 Å². The van der Waals surface area contributed by atoms with Gasteiger partial charge in [-0.1, -0.05) is 35.9 Å². The van der Waals surface area contributed by atoms with Gasteiger partial charge in [-0.25, -0.2) is 9.37 Å². The van der Waals surface area contributed by atoms with Crippen LogP contribution in [0.15, 0.2) is 65.2 Å². The third-order valence-electron chi connectivity index (χ3n) is 6.20. The van der Waals surface area contributed by atoms with Gasteiger partial charge in [-0.05, 0) is 49.4 Å². The highest BCUT2D eigenvalue weighted by atomic mass is 19.1. The first-order valence-electron chi connectivity index (χ1n) is 12.3. The molecule has 0 saturated heterocycles. The third kappa shape index (κ3) is 6.11. The normalized spacial score (nSPS) is 11.7. The van der Waals surface area contributed by atoms with E-state index in [1.54, 1.807) is 25.4 Å². The lowest BCUT2D eigenvalue weighted by atomic mass is 10.0. The van der Waals surface area contributed by atoms with Crippen molar-refractivity contribution in [3.63, 3.8) is 0 Å². The number of fused-ring (bicyclic) bond motifs is 1. The molecule has 0 aliphatic heterocycles. The van der Waals surface area contributed by atoms with E-state index >= 15 is 0 Å². The van der Waals surface area contributed by atoms with Crippen molar-refractivity contribution in [3.05, 3.63) is 77.8 Å². The average Bonchev–Trinajstić information content (AvgIpc) is 3.43. The lowest BCUT2D eigenvalue weighted by molar-refractivity contribution is 0.0924. The van der Waals surface area contributed by atoms with E-state index in [2.05, 4.69) is 15.6 Å². The second-order valence-electron chi connectivity index (χ2n) is 8.87. The Kier molecular flexibility index (Phi) is 8.58. The molecule has 0 radical (unpaired) electrons. The molecule has 0 aliphatic carbocycles. The van der Waals surface area contributed by atoms with E-state index in [4.69, 9.17) is 19.3 Å². The van der Waals surface area contributed by atoms with E-state index in [-0.39, 0.29) is 11.7 Å². The van der Waals surface area contributed by atoms with Crippen molar-refractivity contribution in [2.75, 3.05) is 27.4 Å². The lowest BCUT2D eigenvalue weighted by Gasteiger charge is -2.18. The van der Waals surface area contributed by atoms with E-state index < -0.39 is 12.7 Å². The number of benzene rings is 3. The number of hydrogen-bond donors (Lipinski definition) is 3. The highest BCUT2D eigenvalue weighted by molar-refractivity contribution is 6.03. The molecule has 0 fully saturated rings. The van der Waals surface area contributed by atoms with Crippen LogP contribution in [-0.2, 0) is 0 Å². The SMILES string of the molecule is COc1cc2c(OC)cccc2cc1C(=O)N[C@@H](CCCNC(=N)CF)c1ncc(-c2cccc(C)c2)o1. The van der Waals surface area contributed by atoms with Gasteiger partial charge in [0.05, 0.1) is 26.0 Å². The summed E-state index contributed by atoms with van der Waals surface area (Å²) < 4.78 is 29.7. The van der Waals surface area contributed by atoms with E-state index in [1.807, 2.05) is 49.4 Å². The van der Waals surface area contributed by atoms with Gasteiger partial charge in [0.2, 0.25) is 5.89 Å². The fraction of sp³-hybridized carbons (Fsp3) is 0.276. The first-order chi connectivity index (χ1) is 18.4. The van der Waals surface area contributed by atoms with Gasteiger partial charge in [0.25, 0.3) is 5.91 Å². The summed E-state index contributed by atoms with van der Waals surface area (Å²) in [6, 6.07) is 16.5. The summed E-state index contributed by atoms with van der Waals surface area (Å²) in [6.07, 6.45) is 2.64. The predicted molar refractivity (Wildman–Crippen MR) is 145 cm³/mol. The molecular weight excluding hydrogens is 487 g/mol. The summed E-state index contributed by atoms with van der Waals surface area (Å²) in [6.45, 7) is 1.52. The molecule has 0 unspecified atom stereocenters. The molecule has 1 atom stereocenters. The summed E-state index contributed by atoms with van der Waals surface area (Å²) in [5.41, 5.74) is 2.34. The number of carbonyl (C=O) groups is 1. The maximum absolute atomic E-state index is 13.5. The Morgan fingerprint density at radius 1 is 1.11 bits per heavy atom. The Morgan fingerprint density at radius 2 is 1.89 bits per heavy atom. The van der Waals surface area contributed by atoms with Crippen molar-refractivity contribution >= 4 is 22.5 Å². The van der Waals surface area contributed by atoms with Gasteiger partial charge in [-0.2, -0.15) is 0 Å². The van der Waals surface area contributed by atoms with Gasteiger partial charge in [0, 0.05) is 17.5 Å². The Morgan fingerprint density at radius 3 is 2.63 bits per heavy atom. The van der Waals surface area contributed by atoms with Crippen LogP contribution >= 0.6 is 0 Å². The summed E-state index contributed by atoms with van der Waals surface area (Å²) in [5, 5.41) is 14.9. The van der Waals surface area contributed by atoms with Crippen molar-refractivity contribution < 1.29 is 23.1 Å². The summed E-state index contributed by atoms with van der Waals surface area (Å²) in [4.78, 5) is 18.0. The zero-order valence-electron chi connectivity index (χ0n) is 21.6. The minimum Gasteiger partial charge on any atom is -0.496 e. The van der Waals surface area contributed by atoms with Crippen LogP contribution in [0.5, 0.6) is 11.5 Å². The Labute approximate surface area is 220 Å². The number of oxazole rings is 1. The molecule has 0 aliphatic rings. The fourth-order valence-electron chi connectivity index (χ4n) is 4.27. The number of nitrogens with one attached hydrogen (secondary N) is 3. The number of ether oxygens (including phenoxy) is 2. The van der Waals surface area contributed by atoms with Crippen molar-refractivity contribution in [1.29, 1.82) is 5.41 Å². The minimum atomic E-state index is -0.855. The van der Waals surface area contributed by atoms with Crippen LogP contribution in [0.2, 0.25) is 0 Å². The molecule has 3 aromatic carbocycles. The number of amides is 1. The monoisotopic (exact) mass is 518 g/mol. The number of aryl methyl sites for hydroxylation is 1. The quantitative estimate of drug-likeness (QED) is 0.135. The highest BCUT2D eigenvalue weighted by Crippen LogP contribution is 2.33. The number of nitrogens with zero attached hydrogens (tertiary/aromatic N) is 1. The molecule has 198 valence electrons. The van der Waals surface area contributed by atoms with Gasteiger partial charge in [-0.3, -0.25) is 10.2 Å². The fourth-order valence-corrected chi connectivity index (χ4v) is 4.27. The number of carbonyl (C=O) groups excluding carboxylic acids is 1. The van der Waals surface area contributed by atoms with E-state index in [1.165, 1.54) is 7.11 Å². The van der Waals surface area contributed by atoms with Crippen LogP contribution in [-0.4, -0.2) is 44.2 Å². The highest BCUT2D eigenvalue weighted by Gasteiger charge is 2.23. The van der Waals surface area contributed by atoms with Crippen molar-refractivity contribution in [2.24, 2.45) is 0 Å². The van der Waals surface area contributed by atoms with E-state index in [0.717, 1.165) is 21.9 Å². The van der Waals surface area contributed by atoms with Crippen LogP contribution in [0.25, 0.3) is 22.1 Å². The van der Waals surface area contributed by atoms with Crippen molar-refractivity contribution in [3.8, 4) is 22.8 Å². The van der Waals surface area contributed by atoms with E-state index in [9.17, 15) is 9.18 Å². The number of aromatic nitrogens is 1. The van der Waals surface area contributed by atoms with Crippen molar-refractivity contribution in [2.45, 2.75) is 25.8 Å². The van der Waals surface area contributed by atoms with Crippen LogP contribution in [0.1, 0.15) is 40.7 Å². The van der Waals surface area contributed by atoms with Gasteiger partial charge >= 0.3 is 0 Å². The first kappa shape index (κ1) is 26.7.